The number of nitriles is 1. The third-order valence-electron chi connectivity index (χ3n) is 3.42. The number of nitrogens with two attached hydrogens (primary N) is 1. The van der Waals surface area contributed by atoms with Gasteiger partial charge in [-0.15, -0.1) is 0 Å². The van der Waals surface area contributed by atoms with E-state index in [0.717, 1.165) is 0 Å². The Morgan fingerprint density at radius 2 is 2.22 bits per heavy atom. The van der Waals surface area contributed by atoms with Crippen molar-refractivity contribution in [3.63, 3.8) is 0 Å². The Hall–Kier alpha value is -3.47. The monoisotopic (exact) mass is 308 g/mol. The Labute approximate surface area is 130 Å². The molecule has 114 valence electrons. The number of benzene rings is 1. The summed E-state index contributed by atoms with van der Waals surface area (Å²) >= 11 is 0. The van der Waals surface area contributed by atoms with Gasteiger partial charge in [-0.3, -0.25) is 9.36 Å². The summed E-state index contributed by atoms with van der Waals surface area (Å²) in [4.78, 5) is 34.7. The quantitative estimate of drug-likeness (QED) is 0.738. The molecule has 2 aromatic heterocycles. The SMILES string of the molecule is CCn1c(=O)[nH]c2c(C(N)=O)nc(-c3cccc(C#N)c3)nc21. The first kappa shape index (κ1) is 14.5. The number of amides is 1. The Morgan fingerprint density at radius 1 is 1.43 bits per heavy atom. The molecule has 2 heterocycles. The van der Waals surface area contributed by atoms with E-state index >= 15 is 0 Å². The fourth-order valence-corrected chi connectivity index (χ4v) is 2.36. The van der Waals surface area contributed by atoms with Crippen molar-refractivity contribution in [2.45, 2.75) is 13.5 Å². The Balaban J connectivity index is 2.36. The largest absolute Gasteiger partial charge is 0.364 e. The number of primary amides is 1. The number of nitrogens with one attached hydrogen (secondary N) is 1. The van der Waals surface area contributed by atoms with Gasteiger partial charge in [-0.1, -0.05) is 12.1 Å². The van der Waals surface area contributed by atoms with Crippen LogP contribution in [-0.4, -0.2) is 25.4 Å². The van der Waals surface area contributed by atoms with Crippen LogP contribution in [0.15, 0.2) is 29.1 Å². The Morgan fingerprint density at radius 3 is 2.87 bits per heavy atom. The molecule has 1 aromatic carbocycles. The number of nitrogens with zero attached hydrogens (tertiary/aromatic N) is 4. The van der Waals surface area contributed by atoms with Crippen molar-refractivity contribution in [1.82, 2.24) is 19.5 Å². The van der Waals surface area contributed by atoms with Gasteiger partial charge in [-0.25, -0.2) is 14.8 Å². The molecule has 0 saturated carbocycles. The first-order valence-electron chi connectivity index (χ1n) is 6.86. The molecular formula is C15H12N6O2. The van der Waals surface area contributed by atoms with Crippen LogP contribution in [0.2, 0.25) is 0 Å². The number of fused-ring (bicyclic) bond motifs is 1. The van der Waals surface area contributed by atoms with Crippen molar-refractivity contribution in [1.29, 1.82) is 5.26 Å². The predicted octanol–water partition coefficient (Wildman–Crippen LogP) is 0.777. The van der Waals surface area contributed by atoms with Gasteiger partial charge in [0.05, 0.1) is 11.6 Å². The van der Waals surface area contributed by atoms with E-state index in [0.29, 0.717) is 23.3 Å². The number of H-pyrrole nitrogens is 1. The fraction of sp³-hybridized carbons (Fsp3) is 0.133. The number of rotatable bonds is 3. The van der Waals surface area contributed by atoms with Crippen LogP contribution in [0.5, 0.6) is 0 Å². The van der Waals surface area contributed by atoms with Crippen LogP contribution in [-0.2, 0) is 6.54 Å². The first-order valence-corrected chi connectivity index (χ1v) is 6.86. The number of hydrogen-bond acceptors (Lipinski definition) is 5. The van der Waals surface area contributed by atoms with Crippen LogP contribution in [0.1, 0.15) is 23.0 Å². The third kappa shape index (κ3) is 2.34. The van der Waals surface area contributed by atoms with Crippen LogP contribution in [0.25, 0.3) is 22.6 Å². The van der Waals surface area contributed by atoms with Crippen molar-refractivity contribution in [2.24, 2.45) is 5.73 Å². The van der Waals surface area contributed by atoms with Crippen molar-refractivity contribution >= 4 is 17.1 Å². The number of hydrogen-bond donors (Lipinski definition) is 2. The van der Waals surface area contributed by atoms with Crippen LogP contribution in [0, 0.1) is 11.3 Å². The Kier molecular flexibility index (Phi) is 3.38. The van der Waals surface area contributed by atoms with Gasteiger partial charge in [0.15, 0.2) is 17.2 Å². The molecule has 0 unspecified atom stereocenters. The van der Waals surface area contributed by atoms with Crippen molar-refractivity contribution in [3.8, 4) is 17.5 Å². The minimum absolute atomic E-state index is 0.0586. The highest BCUT2D eigenvalue weighted by Crippen LogP contribution is 2.20. The third-order valence-corrected chi connectivity index (χ3v) is 3.42. The average molecular weight is 308 g/mol. The van der Waals surface area contributed by atoms with E-state index < -0.39 is 5.91 Å². The molecule has 3 rings (SSSR count). The van der Waals surface area contributed by atoms with Gasteiger partial charge in [-0.05, 0) is 19.1 Å². The van der Waals surface area contributed by atoms with Crippen molar-refractivity contribution < 1.29 is 4.79 Å². The molecule has 3 aromatic rings. The number of aromatic amines is 1. The van der Waals surface area contributed by atoms with Gasteiger partial charge in [0.25, 0.3) is 5.91 Å². The molecule has 1 amide bonds. The van der Waals surface area contributed by atoms with Crippen LogP contribution in [0.3, 0.4) is 0 Å². The summed E-state index contributed by atoms with van der Waals surface area (Å²) in [5.74, 6) is -0.538. The molecule has 0 aliphatic rings. The normalized spacial score (nSPS) is 10.6. The zero-order valence-electron chi connectivity index (χ0n) is 12.2. The van der Waals surface area contributed by atoms with E-state index in [4.69, 9.17) is 11.0 Å². The molecule has 0 spiro atoms. The molecule has 0 aliphatic carbocycles. The highest BCUT2D eigenvalue weighted by molar-refractivity contribution is 6.01. The lowest BCUT2D eigenvalue weighted by molar-refractivity contribution is 0.0997. The van der Waals surface area contributed by atoms with E-state index in [2.05, 4.69) is 15.0 Å². The van der Waals surface area contributed by atoms with Crippen molar-refractivity contribution in [2.75, 3.05) is 0 Å². The topological polar surface area (TPSA) is 130 Å². The number of carbonyl (C=O) groups excluding carboxylic acids is 1. The lowest BCUT2D eigenvalue weighted by Crippen LogP contribution is -2.15. The predicted molar refractivity (Wildman–Crippen MR) is 82.5 cm³/mol. The second kappa shape index (κ2) is 5.38. The fourth-order valence-electron chi connectivity index (χ4n) is 2.36. The summed E-state index contributed by atoms with van der Waals surface area (Å²) in [6, 6.07) is 8.69. The van der Waals surface area contributed by atoms with Crippen molar-refractivity contribution in [3.05, 3.63) is 46.0 Å². The standard InChI is InChI=1S/C15H12N6O2/c1-2-21-14-11(19-15(21)23)10(12(17)22)18-13(20-14)9-5-3-4-8(6-9)7-16/h3-6H,2H2,1H3,(H2,17,22)(H,19,23). The molecular weight excluding hydrogens is 296 g/mol. The maximum absolute atomic E-state index is 11.9. The van der Waals surface area contributed by atoms with Gasteiger partial charge in [0.1, 0.15) is 5.52 Å². The molecule has 3 N–H and O–H groups in total. The Bertz CT molecular complexity index is 1020. The van der Waals surface area contributed by atoms with Crippen LogP contribution in [0.4, 0.5) is 0 Å². The van der Waals surface area contributed by atoms with E-state index in [9.17, 15) is 9.59 Å². The van der Waals surface area contributed by atoms with Crippen LogP contribution < -0.4 is 11.4 Å². The van der Waals surface area contributed by atoms with Gasteiger partial charge < -0.3 is 10.7 Å². The molecule has 0 aliphatic heterocycles. The number of aromatic nitrogens is 4. The highest BCUT2D eigenvalue weighted by Gasteiger charge is 2.18. The lowest BCUT2D eigenvalue weighted by atomic mass is 10.1. The summed E-state index contributed by atoms with van der Waals surface area (Å²) in [6.07, 6.45) is 0. The number of aryl methyl sites for hydroxylation is 1. The minimum atomic E-state index is -0.764. The zero-order valence-corrected chi connectivity index (χ0v) is 12.2. The number of carbonyl (C=O) groups is 1. The number of imidazole rings is 1. The molecule has 0 atom stereocenters. The van der Waals surface area contributed by atoms with E-state index in [1.54, 1.807) is 31.2 Å². The molecule has 23 heavy (non-hydrogen) atoms. The summed E-state index contributed by atoms with van der Waals surface area (Å²) in [5, 5.41) is 8.99. The van der Waals surface area contributed by atoms with Gasteiger partial charge in [-0.2, -0.15) is 5.26 Å². The lowest BCUT2D eigenvalue weighted by Gasteiger charge is -2.05. The highest BCUT2D eigenvalue weighted by atomic mass is 16.2. The molecule has 0 radical (unpaired) electrons. The zero-order chi connectivity index (χ0) is 16.6. The summed E-state index contributed by atoms with van der Waals surface area (Å²) in [5.41, 5.74) is 6.44. The maximum atomic E-state index is 11.9. The smallest absolute Gasteiger partial charge is 0.327 e. The molecule has 0 fully saturated rings. The molecule has 8 heteroatoms. The minimum Gasteiger partial charge on any atom is -0.364 e. The van der Waals surface area contributed by atoms with E-state index in [1.165, 1.54) is 4.57 Å². The maximum Gasteiger partial charge on any atom is 0.327 e. The average Bonchev–Trinajstić information content (AvgIpc) is 2.88. The van der Waals surface area contributed by atoms with Gasteiger partial charge in [0, 0.05) is 12.1 Å². The summed E-state index contributed by atoms with van der Waals surface area (Å²) in [6.45, 7) is 2.17. The summed E-state index contributed by atoms with van der Waals surface area (Å²) < 4.78 is 1.39. The second-order valence-electron chi connectivity index (χ2n) is 4.83. The van der Waals surface area contributed by atoms with Gasteiger partial charge in [0.2, 0.25) is 0 Å². The molecule has 8 nitrogen and oxygen atoms in total. The van der Waals surface area contributed by atoms with E-state index in [1.807, 2.05) is 6.07 Å². The van der Waals surface area contributed by atoms with E-state index in [-0.39, 0.29) is 22.7 Å². The summed E-state index contributed by atoms with van der Waals surface area (Å²) in [7, 11) is 0. The van der Waals surface area contributed by atoms with Crippen LogP contribution >= 0.6 is 0 Å². The molecule has 0 bridgehead atoms. The van der Waals surface area contributed by atoms with Gasteiger partial charge >= 0.3 is 5.69 Å². The second-order valence-corrected chi connectivity index (χ2v) is 4.83. The first-order chi connectivity index (χ1) is 11.0. The molecule has 0 saturated heterocycles.